The molecule has 0 fully saturated rings. The Morgan fingerprint density at radius 2 is 2.06 bits per heavy atom. The van der Waals surface area contributed by atoms with Crippen molar-refractivity contribution in [3.05, 3.63) is 23.3 Å². The van der Waals surface area contributed by atoms with Crippen LogP contribution in [0.1, 0.15) is 57.6 Å². The second-order valence-electron chi connectivity index (χ2n) is 5.88. The molecule has 2 heteroatoms. The van der Waals surface area contributed by atoms with Gasteiger partial charge in [-0.05, 0) is 24.0 Å². The van der Waals surface area contributed by atoms with Gasteiger partial charge in [-0.25, -0.2) is 0 Å². The van der Waals surface area contributed by atoms with Crippen LogP contribution < -0.4 is 4.74 Å². The topological polar surface area (TPSA) is 29.5 Å². The first kappa shape index (κ1) is 13.3. The van der Waals surface area contributed by atoms with E-state index in [0.29, 0.717) is 12.4 Å². The van der Waals surface area contributed by atoms with Crippen molar-refractivity contribution in [2.24, 2.45) is 0 Å². The fourth-order valence-electron chi connectivity index (χ4n) is 2.94. The zero-order valence-electron chi connectivity index (χ0n) is 11.8. The van der Waals surface area contributed by atoms with Gasteiger partial charge in [0.15, 0.2) is 0 Å². The lowest BCUT2D eigenvalue weighted by atomic mass is 9.76. The molecule has 100 valence electrons. The Balaban J connectivity index is 2.30. The van der Waals surface area contributed by atoms with Gasteiger partial charge in [0.1, 0.15) is 11.5 Å². The van der Waals surface area contributed by atoms with Gasteiger partial charge in [-0.15, -0.1) is 0 Å². The van der Waals surface area contributed by atoms with Gasteiger partial charge in [-0.2, -0.15) is 0 Å². The number of hydrogen-bond donors (Lipinski definition) is 1. The fraction of sp³-hybridized carbons (Fsp3) is 0.625. The molecule has 1 aromatic carbocycles. The Labute approximate surface area is 110 Å². The average molecular weight is 248 g/mol. The highest BCUT2D eigenvalue weighted by Crippen LogP contribution is 2.43. The standard InChI is InChI=1S/C16H24O2/c1-4-5-6-10-16(2,3)15-12-9-11-18-14(15)8-7-13(12)17/h7-8,17H,4-6,9-11H2,1-3H3. The minimum Gasteiger partial charge on any atom is -0.508 e. The van der Waals surface area contributed by atoms with Crippen molar-refractivity contribution >= 4 is 0 Å². The van der Waals surface area contributed by atoms with Crippen LogP contribution >= 0.6 is 0 Å². The third-order valence-corrected chi connectivity index (χ3v) is 3.94. The molecule has 2 rings (SSSR count). The highest BCUT2D eigenvalue weighted by molar-refractivity contribution is 5.53. The monoisotopic (exact) mass is 248 g/mol. The molecule has 0 aliphatic carbocycles. The van der Waals surface area contributed by atoms with Gasteiger partial charge in [-0.3, -0.25) is 0 Å². The van der Waals surface area contributed by atoms with Crippen molar-refractivity contribution in [1.82, 2.24) is 0 Å². The predicted molar refractivity (Wildman–Crippen MR) is 74.5 cm³/mol. The zero-order chi connectivity index (χ0) is 13.2. The first-order chi connectivity index (χ1) is 8.56. The third kappa shape index (κ3) is 2.47. The molecule has 0 saturated heterocycles. The molecule has 1 aliphatic heterocycles. The summed E-state index contributed by atoms with van der Waals surface area (Å²) in [5.41, 5.74) is 2.41. The largest absolute Gasteiger partial charge is 0.508 e. The number of rotatable bonds is 5. The number of phenolic OH excluding ortho intramolecular Hbond substituents is 1. The predicted octanol–water partition coefficient (Wildman–Crippen LogP) is 4.19. The van der Waals surface area contributed by atoms with Gasteiger partial charge in [0, 0.05) is 17.5 Å². The Bertz CT molecular complexity index is 421. The number of fused-ring (bicyclic) bond motifs is 2. The Morgan fingerprint density at radius 3 is 2.78 bits per heavy atom. The van der Waals surface area contributed by atoms with Crippen molar-refractivity contribution in [3.8, 4) is 11.5 Å². The maximum atomic E-state index is 10.0. The normalized spacial score (nSPS) is 14.4. The molecule has 0 saturated carbocycles. The number of ether oxygens (including phenoxy) is 1. The minimum atomic E-state index is 0.0823. The van der Waals surface area contributed by atoms with Gasteiger partial charge in [0.05, 0.1) is 6.61 Å². The van der Waals surface area contributed by atoms with E-state index < -0.39 is 0 Å². The second-order valence-corrected chi connectivity index (χ2v) is 5.88. The van der Waals surface area contributed by atoms with Crippen molar-refractivity contribution in [3.63, 3.8) is 0 Å². The highest BCUT2D eigenvalue weighted by atomic mass is 16.5. The molecule has 1 N–H and O–H groups in total. The van der Waals surface area contributed by atoms with E-state index >= 15 is 0 Å². The van der Waals surface area contributed by atoms with Crippen LogP contribution in [0, 0.1) is 0 Å². The summed E-state index contributed by atoms with van der Waals surface area (Å²) in [6.45, 7) is 7.44. The smallest absolute Gasteiger partial charge is 0.123 e. The summed E-state index contributed by atoms with van der Waals surface area (Å²) in [6.07, 6.45) is 5.72. The van der Waals surface area contributed by atoms with Gasteiger partial charge in [0.25, 0.3) is 0 Å². The maximum Gasteiger partial charge on any atom is 0.123 e. The van der Waals surface area contributed by atoms with Crippen LogP contribution in [0.5, 0.6) is 11.5 Å². The number of benzene rings is 1. The molecule has 2 nitrogen and oxygen atoms in total. The molecular weight excluding hydrogens is 224 g/mol. The third-order valence-electron chi connectivity index (χ3n) is 3.94. The highest BCUT2D eigenvalue weighted by Gasteiger charge is 2.30. The number of aromatic hydroxyl groups is 1. The van der Waals surface area contributed by atoms with Crippen molar-refractivity contribution < 1.29 is 9.84 Å². The summed E-state index contributed by atoms with van der Waals surface area (Å²) < 4.78 is 5.75. The van der Waals surface area contributed by atoms with Crippen LogP contribution in [0.3, 0.4) is 0 Å². The van der Waals surface area contributed by atoms with E-state index in [1.807, 2.05) is 6.07 Å². The van der Waals surface area contributed by atoms with Crippen molar-refractivity contribution in [2.75, 3.05) is 6.61 Å². The lowest BCUT2D eigenvalue weighted by molar-refractivity contribution is 0.284. The quantitative estimate of drug-likeness (QED) is 0.792. The Hall–Kier alpha value is -1.18. The molecule has 2 bridgehead atoms. The Kier molecular flexibility index (Phi) is 3.84. The van der Waals surface area contributed by atoms with Gasteiger partial charge in [0.2, 0.25) is 0 Å². The van der Waals surface area contributed by atoms with Crippen LogP contribution in [0.15, 0.2) is 12.1 Å². The molecule has 1 aliphatic rings. The number of hydrogen-bond acceptors (Lipinski definition) is 2. The van der Waals surface area contributed by atoms with Gasteiger partial charge < -0.3 is 9.84 Å². The molecule has 18 heavy (non-hydrogen) atoms. The molecule has 0 spiro atoms. The fourth-order valence-corrected chi connectivity index (χ4v) is 2.94. The summed E-state index contributed by atoms with van der Waals surface area (Å²) in [6, 6.07) is 3.67. The second kappa shape index (κ2) is 5.21. The van der Waals surface area contributed by atoms with Crippen LogP contribution in [0.2, 0.25) is 0 Å². The van der Waals surface area contributed by atoms with Gasteiger partial charge in [-0.1, -0.05) is 40.0 Å². The number of phenols is 1. The van der Waals surface area contributed by atoms with Crippen molar-refractivity contribution in [1.29, 1.82) is 0 Å². The Morgan fingerprint density at radius 1 is 1.28 bits per heavy atom. The molecule has 1 aromatic rings. The van der Waals surface area contributed by atoms with Crippen LogP contribution in [0.4, 0.5) is 0 Å². The first-order valence-corrected chi connectivity index (χ1v) is 7.04. The van der Waals surface area contributed by atoms with Crippen molar-refractivity contribution in [2.45, 2.75) is 58.3 Å². The molecular formula is C16H24O2. The van der Waals surface area contributed by atoms with E-state index in [1.54, 1.807) is 6.07 Å². The van der Waals surface area contributed by atoms with E-state index in [1.165, 1.54) is 24.8 Å². The van der Waals surface area contributed by atoms with E-state index in [2.05, 4.69) is 20.8 Å². The SMILES string of the molecule is CCCCCC(C)(C)c1c2ccc(O)c1CCO2. The average Bonchev–Trinajstić information content (AvgIpc) is 2.34. The lowest BCUT2D eigenvalue weighted by Gasteiger charge is -2.33. The summed E-state index contributed by atoms with van der Waals surface area (Å²) in [5.74, 6) is 1.40. The summed E-state index contributed by atoms with van der Waals surface area (Å²) in [5, 5.41) is 10.0. The lowest BCUT2D eigenvalue weighted by Crippen LogP contribution is -2.25. The van der Waals surface area contributed by atoms with E-state index in [4.69, 9.17) is 4.74 Å². The van der Waals surface area contributed by atoms with Crippen LogP contribution in [-0.2, 0) is 11.8 Å². The molecule has 0 aromatic heterocycles. The maximum absolute atomic E-state index is 10.0. The molecule has 0 radical (unpaired) electrons. The minimum absolute atomic E-state index is 0.0823. The van der Waals surface area contributed by atoms with E-state index in [0.717, 1.165) is 24.2 Å². The van der Waals surface area contributed by atoms with E-state index in [9.17, 15) is 5.11 Å². The summed E-state index contributed by atoms with van der Waals surface area (Å²) >= 11 is 0. The first-order valence-electron chi connectivity index (χ1n) is 7.04. The summed E-state index contributed by atoms with van der Waals surface area (Å²) in [7, 11) is 0. The molecule has 0 amide bonds. The van der Waals surface area contributed by atoms with E-state index in [-0.39, 0.29) is 5.41 Å². The van der Waals surface area contributed by atoms with Crippen LogP contribution in [-0.4, -0.2) is 11.7 Å². The van der Waals surface area contributed by atoms with Crippen LogP contribution in [0.25, 0.3) is 0 Å². The molecule has 1 heterocycles. The zero-order valence-corrected chi connectivity index (χ0v) is 11.8. The summed E-state index contributed by atoms with van der Waals surface area (Å²) in [4.78, 5) is 0. The molecule has 0 atom stereocenters. The molecule has 0 unspecified atom stereocenters. The number of unbranched alkanes of at least 4 members (excludes halogenated alkanes) is 2. The van der Waals surface area contributed by atoms with Gasteiger partial charge >= 0.3 is 0 Å².